The van der Waals surface area contributed by atoms with Crippen LogP contribution in [0.15, 0.2) is 12.1 Å². The van der Waals surface area contributed by atoms with Gasteiger partial charge in [-0.15, -0.1) is 0 Å². The van der Waals surface area contributed by atoms with Gasteiger partial charge in [0.2, 0.25) is 5.75 Å². The zero-order valence-electron chi connectivity index (χ0n) is 15.0. The molecule has 0 aliphatic rings. The van der Waals surface area contributed by atoms with Crippen molar-refractivity contribution >= 4 is 11.9 Å². The lowest BCUT2D eigenvalue weighted by molar-refractivity contribution is -0.143. The predicted molar refractivity (Wildman–Crippen MR) is 90.3 cm³/mol. The standard InChI is InChI=1S/C17H25NO7/c1-5-25-15(20)6-7-18(8-9-19)17(21)12-10-13(22-2)16(24-4)14(11-12)23-3/h10-11,19H,5-9H2,1-4H3. The number of benzene rings is 1. The van der Waals surface area contributed by atoms with Gasteiger partial charge in [-0.3, -0.25) is 9.59 Å². The van der Waals surface area contributed by atoms with Crippen molar-refractivity contribution in [1.29, 1.82) is 0 Å². The molecule has 1 rings (SSSR count). The fraction of sp³-hybridized carbons (Fsp3) is 0.529. The van der Waals surface area contributed by atoms with Gasteiger partial charge in [0.1, 0.15) is 0 Å². The Morgan fingerprint density at radius 2 is 1.64 bits per heavy atom. The van der Waals surface area contributed by atoms with Crippen molar-refractivity contribution in [2.24, 2.45) is 0 Å². The number of ether oxygens (including phenoxy) is 4. The highest BCUT2D eigenvalue weighted by molar-refractivity contribution is 5.96. The molecule has 1 aromatic carbocycles. The third-order valence-corrected chi connectivity index (χ3v) is 3.46. The molecule has 25 heavy (non-hydrogen) atoms. The third kappa shape index (κ3) is 5.53. The molecule has 0 heterocycles. The molecule has 1 aromatic rings. The van der Waals surface area contributed by atoms with Crippen LogP contribution in [0.25, 0.3) is 0 Å². The summed E-state index contributed by atoms with van der Waals surface area (Å²) in [5.74, 6) is 0.307. The summed E-state index contributed by atoms with van der Waals surface area (Å²) in [5, 5.41) is 9.21. The van der Waals surface area contributed by atoms with Crippen LogP contribution in [0.4, 0.5) is 0 Å². The molecule has 0 saturated heterocycles. The number of esters is 1. The fourth-order valence-corrected chi connectivity index (χ4v) is 2.28. The normalized spacial score (nSPS) is 10.1. The molecule has 0 aliphatic heterocycles. The van der Waals surface area contributed by atoms with E-state index in [4.69, 9.17) is 18.9 Å². The SMILES string of the molecule is CCOC(=O)CCN(CCO)C(=O)c1cc(OC)c(OC)c(OC)c1. The second-order valence-corrected chi connectivity index (χ2v) is 4.98. The first-order chi connectivity index (χ1) is 12.0. The minimum atomic E-state index is -0.400. The van der Waals surface area contributed by atoms with E-state index in [1.807, 2.05) is 0 Å². The Kier molecular flexibility index (Phi) is 8.55. The van der Waals surface area contributed by atoms with Gasteiger partial charge in [0.15, 0.2) is 11.5 Å². The molecule has 8 nitrogen and oxygen atoms in total. The van der Waals surface area contributed by atoms with Crippen LogP contribution < -0.4 is 14.2 Å². The number of aliphatic hydroxyl groups is 1. The summed E-state index contributed by atoms with van der Waals surface area (Å²) < 4.78 is 20.6. The molecule has 1 N–H and O–H groups in total. The van der Waals surface area contributed by atoms with E-state index < -0.39 is 5.97 Å². The van der Waals surface area contributed by atoms with E-state index in [2.05, 4.69) is 0 Å². The maximum Gasteiger partial charge on any atom is 0.307 e. The lowest BCUT2D eigenvalue weighted by atomic mass is 10.1. The zero-order valence-corrected chi connectivity index (χ0v) is 15.0. The molecule has 0 unspecified atom stereocenters. The molecule has 0 saturated carbocycles. The van der Waals surface area contributed by atoms with Crippen molar-refractivity contribution in [2.45, 2.75) is 13.3 Å². The summed E-state index contributed by atoms with van der Waals surface area (Å²) in [6.07, 6.45) is 0.0456. The zero-order chi connectivity index (χ0) is 18.8. The molecular formula is C17H25NO7. The van der Waals surface area contributed by atoms with Crippen LogP contribution in [0.5, 0.6) is 17.2 Å². The number of amides is 1. The lowest BCUT2D eigenvalue weighted by Gasteiger charge is -2.22. The second-order valence-electron chi connectivity index (χ2n) is 4.98. The van der Waals surface area contributed by atoms with Gasteiger partial charge in [0, 0.05) is 18.7 Å². The Bertz CT molecular complexity index is 563. The summed E-state index contributed by atoms with van der Waals surface area (Å²) >= 11 is 0. The van der Waals surface area contributed by atoms with Gasteiger partial charge in [-0.1, -0.05) is 0 Å². The maximum absolute atomic E-state index is 12.8. The molecule has 0 fully saturated rings. The minimum absolute atomic E-state index is 0.0456. The summed E-state index contributed by atoms with van der Waals surface area (Å²) in [6.45, 7) is 1.99. The highest BCUT2D eigenvalue weighted by Gasteiger charge is 2.21. The number of aliphatic hydroxyl groups excluding tert-OH is 1. The Morgan fingerprint density at radius 3 is 2.08 bits per heavy atom. The van der Waals surface area contributed by atoms with Crippen LogP contribution >= 0.6 is 0 Å². The topological polar surface area (TPSA) is 94.5 Å². The van der Waals surface area contributed by atoms with Crippen molar-refractivity contribution in [2.75, 3.05) is 47.6 Å². The van der Waals surface area contributed by atoms with Gasteiger partial charge in [0.25, 0.3) is 5.91 Å². The van der Waals surface area contributed by atoms with Crippen LogP contribution in [-0.2, 0) is 9.53 Å². The van der Waals surface area contributed by atoms with Gasteiger partial charge in [-0.2, -0.15) is 0 Å². The van der Waals surface area contributed by atoms with Crippen LogP contribution in [-0.4, -0.2) is 69.5 Å². The molecule has 0 aliphatic carbocycles. The Labute approximate surface area is 147 Å². The van der Waals surface area contributed by atoms with E-state index in [-0.39, 0.29) is 38.6 Å². The molecule has 1 amide bonds. The van der Waals surface area contributed by atoms with Crippen LogP contribution in [0.3, 0.4) is 0 Å². The molecule has 0 aromatic heterocycles. The number of carbonyl (C=O) groups is 2. The molecule has 0 radical (unpaired) electrons. The van der Waals surface area contributed by atoms with Gasteiger partial charge in [-0.25, -0.2) is 0 Å². The van der Waals surface area contributed by atoms with Crippen molar-refractivity contribution in [3.63, 3.8) is 0 Å². The third-order valence-electron chi connectivity index (χ3n) is 3.46. The Hall–Kier alpha value is -2.48. The maximum atomic E-state index is 12.8. The molecular weight excluding hydrogens is 330 g/mol. The fourth-order valence-electron chi connectivity index (χ4n) is 2.28. The van der Waals surface area contributed by atoms with Gasteiger partial charge in [0.05, 0.1) is 41.0 Å². The van der Waals surface area contributed by atoms with E-state index in [0.717, 1.165) is 0 Å². The summed E-state index contributed by atoms with van der Waals surface area (Å²) in [4.78, 5) is 25.6. The van der Waals surface area contributed by atoms with Gasteiger partial charge < -0.3 is 29.0 Å². The van der Waals surface area contributed by atoms with E-state index in [1.54, 1.807) is 6.92 Å². The smallest absolute Gasteiger partial charge is 0.307 e. The largest absolute Gasteiger partial charge is 0.493 e. The summed E-state index contributed by atoms with van der Waals surface area (Å²) in [7, 11) is 4.38. The van der Waals surface area contributed by atoms with E-state index in [9.17, 15) is 14.7 Å². The van der Waals surface area contributed by atoms with E-state index in [0.29, 0.717) is 22.8 Å². The van der Waals surface area contributed by atoms with Crippen LogP contribution in [0, 0.1) is 0 Å². The number of methoxy groups -OCH3 is 3. The summed E-state index contributed by atoms with van der Waals surface area (Å²) in [5.41, 5.74) is 0.298. The number of hydrogen-bond donors (Lipinski definition) is 1. The number of rotatable bonds is 10. The van der Waals surface area contributed by atoms with Gasteiger partial charge >= 0.3 is 5.97 Å². The monoisotopic (exact) mass is 355 g/mol. The first-order valence-corrected chi connectivity index (χ1v) is 7.88. The van der Waals surface area contributed by atoms with E-state index >= 15 is 0 Å². The van der Waals surface area contributed by atoms with Crippen LogP contribution in [0.2, 0.25) is 0 Å². The number of carbonyl (C=O) groups excluding carboxylic acids is 2. The molecule has 140 valence electrons. The Morgan fingerprint density at radius 1 is 1.04 bits per heavy atom. The molecule has 0 atom stereocenters. The van der Waals surface area contributed by atoms with Gasteiger partial charge in [-0.05, 0) is 19.1 Å². The Balaban J connectivity index is 3.05. The minimum Gasteiger partial charge on any atom is -0.493 e. The van der Waals surface area contributed by atoms with Crippen LogP contribution in [0.1, 0.15) is 23.7 Å². The first kappa shape index (κ1) is 20.6. The quantitative estimate of drug-likeness (QED) is 0.628. The first-order valence-electron chi connectivity index (χ1n) is 7.88. The highest BCUT2D eigenvalue weighted by Crippen LogP contribution is 2.38. The number of nitrogens with zero attached hydrogens (tertiary/aromatic N) is 1. The highest BCUT2D eigenvalue weighted by atomic mass is 16.5. The van der Waals surface area contributed by atoms with Crippen molar-refractivity contribution in [3.05, 3.63) is 17.7 Å². The second kappa shape index (κ2) is 10.4. The average Bonchev–Trinajstić information content (AvgIpc) is 2.63. The molecule has 0 bridgehead atoms. The summed E-state index contributed by atoms with van der Waals surface area (Å²) in [6, 6.07) is 3.05. The van der Waals surface area contributed by atoms with Crippen molar-refractivity contribution in [3.8, 4) is 17.2 Å². The average molecular weight is 355 g/mol. The van der Waals surface area contributed by atoms with Crippen molar-refractivity contribution in [1.82, 2.24) is 4.90 Å². The van der Waals surface area contributed by atoms with E-state index in [1.165, 1.54) is 38.4 Å². The number of hydrogen-bond acceptors (Lipinski definition) is 7. The molecule has 8 heteroatoms. The predicted octanol–water partition coefficient (Wildman–Crippen LogP) is 1.10. The lowest BCUT2D eigenvalue weighted by Crippen LogP contribution is -2.35. The van der Waals surface area contributed by atoms with Crippen molar-refractivity contribution < 1.29 is 33.6 Å². The molecule has 0 spiro atoms.